The van der Waals surface area contributed by atoms with E-state index < -0.39 is 78.5 Å². The Balaban J connectivity index is 2.53. The van der Waals surface area contributed by atoms with Crippen molar-refractivity contribution >= 4 is 16.3 Å². The molecule has 1 fully saturated rings. The lowest BCUT2D eigenvalue weighted by atomic mass is 9.99. The fourth-order valence-corrected chi connectivity index (χ4v) is 8.53. The van der Waals surface area contributed by atoms with Crippen LogP contribution >= 0.6 is 0 Å². The van der Waals surface area contributed by atoms with Gasteiger partial charge in [0.15, 0.2) is 6.29 Å². The van der Waals surface area contributed by atoms with Crippen molar-refractivity contribution in [2.45, 2.75) is 262 Å². The van der Waals surface area contributed by atoms with Gasteiger partial charge in [-0.25, -0.2) is 4.18 Å². The molecule has 1 amide bonds. The van der Waals surface area contributed by atoms with Gasteiger partial charge in [-0.15, -0.1) is 0 Å². The van der Waals surface area contributed by atoms with Crippen molar-refractivity contribution in [2.75, 3.05) is 13.2 Å². The van der Waals surface area contributed by atoms with Crippen molar-refractivity contribution in [1.82, 2.24) is 5.32 Å². The van der Waals surface area contributed by atoms with Crippen LogP contribution in [0.25, 0.3) is 0 Å². The molecular weight excluding hydrogens is 863 g/mol. The summed E-state index contributed by atoms with van der Waals surface area (Å²) in [6.45, 7) is 3.20. The van der Waals surface area contributed by atoms with Gasteiger partial charge in [0.2, 0.25) is 5.91 Å². The Morgan fingerprint density at radius 1 is 0.606 bits per heavy atom. The molecule has 1 heterocycles. The van der Waals surface area contributed by atoms with Gasteiger partial charge in [0.25, 0.3) is 0 Å². The topological polar surface area (TPSA) is 212 Å². The zero-order valence-corrected chi connectivity index (χ0v) is 41.9. The minimum atomic E-state index is -5.13. The molecule has 1 aliphatic rings. The van der Waals surface area contributed by atoms with Crippen LogP contribution in [0, 0.1) is 0 Å². The average molecular weight is 958 g/mol. The summed E-state index contributed by atoms with van der Waals surface area (Å²) >= 11 is 0. The number of carbonyl (C=O) groups is 1. The summed E-state index contributed by atoms with van der Waals surface area (Å²) in [6.07, 6.45) is 40.5. The minimum Gasteiger partial charge on any atom is -0.394 e. The van der Waals surface area contributed by atoms with Crippen LogP contribution in [0.2, 0.25) is 0 Å². The Kier molecular flexibility index (Phi) is 39.4. The third-order valence-electron chi connectivity index (χ3n) is 12.2. The second-order valence-electron chi connectivity index (χ2n) is 18.2. The number of aliphatic hydroxyl groups is 5. The smallest absolute Gasteiger partial charge is 0.394 e. The molecule has 0 aliphatic carbocycles. The number of carbonyl (C=O) groups excluding carboxylic acids is 1. The van der Waals surface area contributed by atoms with Gasteiger partial charge < -0.3 is 40.3 Å². The van der Waals surface area contributed by atoms with Gasteiger partial charge in [0, 0.05) is 0 Å². The van der Waals surface area contributed by atoms with Gasteiger partial charge in [-0.05, 0) is 70.6 Å². The Morgan fingerprint density at radius 2 is 1.02 bits per heavy atom. The molecule has 0 aromatic carbocycles. The van der Waals surface area contributed by atoms with Gasteiger partial charge in [0.05, 0.1) is 25.4 Å². The molecule has 386 valence electrons. The Morgan fingerprint density at radius 3 is 1.45 bits per heavy atom. The normalized spacial score (nSPS) is 20.9. The van der Waals surface area contributed by atoms with Crippen LogP contribution in [0.3, 0.4) is 0 Å². The number of ether oxygens (including phenoxy) is 2. The molecule has 1 saturated heterocycles. The number of rotatable bonds is 44. The maximum Gasteiger partial charge on any atom is 0.397 e. The molecule has 13 nitrogen and oxygen atoms in total. The summed E-state index contributed by atoms with van der Waals surface area (Å²) < 4.78 is 47.6. The number of nitrogens with one attached hydrogen (secondary N) is 1. The fraction of sp³-hybridized carbons (Fsp3) is 0.827. The van der Waals surface area contributed by atoms with E-state index in [4.69, 9.17) is 9.47 Å². The van der Waals surface area contributed by atoms with Gasteiger partial charge in [0.1, 0.15) is 30.5 Å². The van der Waals surface area contributed by atoms with Crippen LogP contribution in [-0.2, 0) is 28.9 Å². The number of amides is 1. The van der Waals surface area contributed by atoms with E-state index in [-0.39, 0.29) is 6.42 Å². The highest BCUT2D eigenvalue weighted by Crippen LogP contribution is 2.26. The Labute approximate surface area is 400 Å². The number of aliphatic hydroxyl groups excluding tert-OH is 5. The van der Waals surface area contributed by atoms with Crippen molar-refractivity contribution in [2.24, 2.45) is 0 Å². The monoisotopic (exact) mass is 958 g/mol. The summed E-state index contributed by atoms with van der Waals surface area (Å²) in [6, 6.07) is -1.15. The summed E-state index contributed by atoms with van der Waals surface area (Å²) in [5.74, 6) is -0.721. The van der Waals surface area contributed by atoms with Gasteiger partial charge >= 0.3 is 10.4 Å². The summed E-state index contributed by atoms with van der Waals surface area (Å²) in [5, 5.41) is 55.3. The minimum absolute atomic E-state index is 0.226. The lowest BCUT2D eigenvalue weighted by molar-refractivity contribution is -0.298. The zero-order chi connectivity index (χ0) is 48.5. The number of allylic oxidation sites excluding steroid dienone is 7. The van der Waals surface area contributed by atoms with E-state index in [9.17, 15) is 43.3 Å². The quantitative estimate of drug-likeness (QED) is 0.0173. The lowest BCUT2D eigenvalue weighted by Crippen LogP contribution is -2.61. The van der Waals surface area contributed by atoms with Gasteiger partial charge in [-0.3, -0.25) is 9.35 Å². The summed E-state index contributed by atoms with van der Waals surface area (Å²) in [4.78, 5) is 13.2. The molecule has 66 heavy (non-hydrogen) atoms. The van der Waals surface area contributed by atoms with Crippen molar-refractivity contribution in [3.8, 4) is 0 Å². The lowest BCUT2D eigenvalue weighted by Gasteiger charge is -2.41. The van der Waals surface area contributed by atoms with E-state index in [0.717, 1.165) is 70.6 Å². The SMILES string of the molecule is CCCCCCCC/C=C/CC/C=C/CC/C=C/C(O)C(COC1OC(CO)C(O)C(OS(=O)(=O)O)C1O)NC(=O)C(O)CCCCCCCC/C=C\CCCCCCCCCCCCC. The summed E-state index contributed by atoms with van der Waals surface area (Å²) in [5.41, 5.74) is 0. The first-order chi connectivity index (χ1) is 31.9. The van der Waals surface area contributed by atoms with Crippen molar-refractivity contribution in [3.05, 3.63) is 48.6 Å². The van der Waals surface area contributed by atoms with E-state index in [1.807, 2.05) is 0 Å². The molecule has 0 bridgehead atoms. The van der Waals surface area contributed by atoms with Crippen LogP contribution in [0.5, 0.6) is 0 Å². The Hall–Kier alpha value is -1.98. The maximum absolute atomic E-state index is 13.2. The Bertz CT molecular complexity index is 1370. The van der Waals surface area contributed by atoms with Crippen LogP contribution in [-0.4, -0.2) is 107 Å². The first kappa shape index (κ1) is 62.0. The predicted octanol–water partition coefficient (Wildman–Crippen LogP) is 10.2. The third-order valence-corrected chi connectivity index (χ3v) is 12.6. The molecule has 0 aromatic rings. The first-order valence-corrected chi connectivity index (χ1v) is 27.5. The highest BCUT2D eigenvalue weighted by atomic mass is 32.3. The molecular formula is C52H95NO12S. The van der Waals surface area contributed by atoms with Gasteiger partial charge in [-0.2, -0.15) is 8.42 Å². The van der Waals surface area contributed by atoms with E-state index in [2.05, 4.69) is 59.8 Å². The van der Waals surface area contributed by atoms with Crippen LogP contribution in [0.4, 0.5) is 0 Å². The van der Waals surface area contributed by atoms with Crippen LogP contribution in [0.15, 0.2) is 48.6 Å². The number of unbranched alkanes of at least 4 members (excludes halogenated alkanes) is 25. The van der Waals surface area contributed by atoms with E-state index >= 15 is 0 Å². The fourth-order valence-electron chi connectivity index (χ4n) is 8.02. The molecule has 0 aromatic heterocycles. The first-order valence-electron chi connectivity index (χ1n) is 26.1. The third kappa shape index (κ3) is 33.5. The largest absolute Gasteiger partial charge is 0.397 e. The molecule has 8 unspecified atom stereocenters. The molecule has 0 radical (unpaired) electrons. The van der Waals surface area contributed by atoms with E-state index in [1.54, 1.807) is 6.08 Å². The average Bonchev–Trinajstić information content (AvgIpc) is 3.29. The second-order valence-corrected chi connectivity index (χ2v) is 19.3. The molecule has 1 aliphatic heterocycles. The molecule has 0 spiro atoms. The molecule has 0 saturated carbocycles. The van der Waals surface area contributed by atoms with Crippen molar-refractivity contribution in [3.63, 3.8) is 0 Å². The predicted molar refractivity (Wildman–Crippen MR) is 265 cm³/mol. The summed E-state index contributed by atoms with van der Waals surface area (Å²) in [7, 11) is -5.13. The maximum atomic E-state index is 13.2. The zero-order valence-electron chi connectivity index (χ0n) is 41.1. The number of hydrogen-bond acceptors (Lipinski definition) is 11. The molecule has 1 rings (SSSR count). The van der Waals surface area contributed by atoms with E-state index in [1.165, 1.54) is 115 Å². The second kappa shape index (κ2) is 41.9. The van der Waals surface area contributed by atoms with Crippen molar-refractivity contribution in [1.29, 1.82) is 0 Å². The number of hydrogen-bond donors (Lipinski definition) is 7. The standard InChI is InChI=1S/C52H95NO12S/c1-3-5-7-9-11-13-15-17-19-21-22-23-24-25-27-29-31-33-35-37-39-41-46(56)51(59)53-44(43-63-52-49(58)50(65-66(60,61)62)48(57)47(42-54)64-52)45(55)40-38-36-34-32-30-28-26-20-18-16-14-12-10-8-6-4-2/h18,20,24-25,30,32,38,40,44-50,52,54-58H,3-17,19,21-23,26-29,31,33-37,39,41-43H2,1-2H3,(H,53,59)(H,60,61,62)/b20-18+,25-24-,32-30+,40-38+. The highest BCUT2D eigenvalue weighted by Gasteiger charge is 2.48. The van der Waals surface area contributed by atoms with Crippen molar-refractivity contribution < 1.29 is 57.0 Å². The highest BCUT2D eigenvalue weighted by molar-refractivity contribution is 7.80. The van der Waals surface area contributed by atoms with Crippen LogP contribution in [0.1, 0.15) is 213 Å². The molecule has 7 N–H and O–H groups in total. The van der Waals surface area contributed by atoms with Gasteiger partial charge in [-0.1, -0.05) is 191 Å². The van der Waals surface area contributed by atoms with Crippen LogP contribution < -0.4 is 5.32 Å². The molecule has 14 heteroatoms. The molecule has 8 atom stereocenters. The van der Waals surface area contributed by atoms with E-state index in [0.29, 0.717) is 12.8 Å².